The maximum absolute atomic E-state index is 13.1. The fraction of sp³-hybridized carbons (Fsp3) is 0.556. The topological polar surface area (TPSA) is 40.6 Å². The molecule has 4 nitrogen and oxygen atoms in total. The van der Waals surface area contributed by atoms with Gasteiger partial charge in [0.05, 0.1) is 4.87 Å². The summed E-state index contributed by atoms with van der Waals surface area (Å²) in [4.78, 5) is 28.9. The van der Waals surface area contributed by atoms with Crippen LogP contribution in [-0.2, 0) is 4.79 Å². The van der Waals surface area contributed by atoms with Crippen LogP contribution in [-0.4, -0.2) is 57.2 Å². The van der Waals surface area contributed by atoms with Gasteiger partial charge in [0.1, 0.15) is 5.38 Å². The third kappa shape index (κ3) is 3.16. The van der Waals surface area contributed by atoms with E-state index in [0.717, 1.165) is 36.3 Å². The van der Waals surface area contributed by atoms with Gasteiger partial charge in [-0.05, 0) is 38.3 Å². The van der Waals surface area contributed by atoms with E-state index in [-0.39, 0.29) is 16.7 Å². The van der Waals surface area contributed by atoms with Gasteiger partial charge in [0.2, 0.25) is 5.91 Å². The quantitative estimate of drug-likeness (QED) is 0.755. The molecule has 24 heavy (non-hydrogen) atoms. The van der Waals surface area contributed by atoms with Crippen molar-refractivity contribution in [3.63, 3.8) is 0 Å². The molecule has 0 N–H and O–H groups in total. The van der Waals surface area contributed by atoms with Crippen molar-refractivity contribution in [2.24, 2.45) is 0 Å². The number of carbonyl (C=O) groups is 2. The zero-order valence-electron chi connectivity index (χ0n) is 14.1. The number of aryl methyl sites for hydroxylation is 1. The highest BCUT2D eigenvalue weighted by molar-refractivity contribution is 8.00. The molecule has 2 saturated heterocycles. The van der Waals surface area contributed by atoms with Crippen molar-refractivity contribution in [3.8, 4) is 0 Å². The molecular weight excluding hydrogens is 344 g/mol. The number of rotatable bonds is 2. The lowest BCUT2D eigenvalue weighted by Crippen LogP contribution is -2.54. The Balaban J connectivity index is 1.76. The van der Waals surface area contributed by atoms with Crippen molar-refractivity contribution in [1.82, 2.24) is 9.80 Å². The van der Waals surface area contributed by atoms with Gasteiger partial charge < -0.3 is 9.80 Å². The normalized spacial score (nSPS) is 21.1. The van der Waals surface area contributed by atoms with E-state index < -0.39 is 5.38 Å². The van der Waals surface area contributed by atoms with Crippen LogP contribution in [0.25, 0.3) is 0 Å². The summed E-state index contributed by atoms with van der Waals surface area (Å²) in [5.41, 5.74) is 1.80. The van der Waals surface area contributed by atoms with E-state index in [1.54, 1.807) is 6.92 Å². The van der Waals surface area contributed by atoms with Crippen LogP contribution >= 0.6 is 23.4 Å². The Labute approximate surface area is 152 Å². The smallest absolute Gasteiger partial charge is 0.255 e. The molecule has 0 radical (unpaired) electrons. The van der Waals surface area contributed by atoms with Crippen molar-refractivity contribution >= 4 is 35.2 Å². The van der Waals surface area contributed by atoms with Crippen LogP contribution in [0.4, 0.5) is 0 Å². The molecule has 2 aliphatic rings. The molecule has 2 aliphatic heterocycles. The number of piperidine rings is 1. The molecule has 1 unspecified atom stereocenters. The van der Waals surface area contributed by atoms with Crippen LogP contribution in [0, 0.1) is 6.92 Å². The van der Waals surface area contributed by atoms with Crippen molar-refractivity contribution in [1.29, 1.82) is 0 Å². The van der Waals surface area contributed by atoms with E-state index in [2.05, 4.69) is 0 Å². The van der Waals surface area contributed by atoms with Gasteiger partial charge in [0.15, 0.2) is 0 Å². The highest BCUT2D eigenvalue weighted by Gasteiger charge is 2.47. The summed E-state index contributed by atoms with van der Waals surface area (Å²) in [5.74, 6) is 1.06. The van der Waals surface area contributed by atoms with E-state index in [0.29, 0.717) is 13.1 Å². The summed E-state index contributed by atoms with van der Waals surface area (Å²) >= 11 is 7.79. The average molecular weight is 367 g/mol. The van der Waals surface area contributed by atoms with Crippen molar-refractivity contribution in [2.75, 3.05) is 25.4 Å². The van der Waals surface area contributed by atoms with Crippen LogP contribution in [0.15, 0.2) is 24.3 Å². The predicted molar refractivity (Wildman–Crippen MR) is 98.5 cm³/mol. The second kappa shape index (κ2) is 6.96. The molecule has 0 bridgehead atoms. The number of nitrogens with zero attached hydrogens (tertiary/aromatic N) is 2. The van der Waals surface area contributed by atoms with E-state index in [4.69, 9.17) is 11.6 Å². The Morgan fingerprint density at radius 3 is 2.50 bits per heavy atom. The van der Waals surface area contributed by atoms with Crippen molar-refractivity contribution in [2.45, 2.75) is 36.9 Å². The van der Waals surface area contributed by atoms with E-state index >= 15 is 0 Å². The minimum absolute atomic E-state index is 0.00806. The highest BCUT2D eigenvalue weighted by atomic mass is 35.5. The van der Waals surface area contributed by atoms with Gasteiger partial charge in [-0.1, -0.05) is 18.2 Å². The zero-order valence-corrected chi connectivity index (χ0v) is 15.7. The van der Waals surface area contributed by atoms with E-state index in [9.17, 15) is 9.59 Å². The zero-order chi connectivity index (χ0) is 17.3. The number of halogens is 1. The van der Waals surface area contributed by atoms with Crippen LogP contribution in [0.1, 0.15) is 35.7 Å². The first-order valence-corrected chi connectivity index (χ1v) is 9.81. The Morgan fingerprint density at radius 1 is 1.21 bits per heavy atom. The molecule has 0 aliphatic carbocycles. The number of alkyl halides is 1. The molecule has 2 fully saturated rings. The first-order chi connectivity index (χ1) is 11.4. The second-order valence-corrected chi connectivity index (χ2v) is 8.62. The third-order valence-electron chi connectivity index (χ3n) is 4.99. The summed E-state index contributed by atoms with van der Waals surface area (Å²) in [6.45, 7) is 5.80. The molecule has 130 valence electrons. The maximum atomic E-state index is 13.1. The number of carbonyl (C=O) groups excluding carboxylic acids is 2. The maximum Gasteiger partial charge on any atom is 0.255 e. The molecule has 6 heteroatoms. The monoisotopic (exact) mass is 366 g/mol. The van der Waals surface area contributed by atoms with Gasteiger partial charge >= 0.3 is 0 Å². The molecular formula is C18H23ClN2O2S. The lowest BCUT2D eigenvalue weighted by molar-refractivity contribution is -0.132. The molecule has 0 aromatic heterocycles. The summed E-state index contributed by atoms with van der Waals surface area (Å²) < 4.78 is 0. The summed E-state index contributed by atoms with van der Waals surface area (Å²) in [5, 5.41) is -0.486. The van der Waals surface area contributed by atoms with Gasteiger partial charge in [0, 0.05) is 31.0 Å². The molecule has 1 spiro atoms. The Kier molecular flexibility index (Phi) is 5.11. The standard InChI is InChI=1S/C18H23ClN2O2S/c1-13-5-3-4-6-15(13)17(23)21-11-12-24-18(21)7-9-20(10-8-18)16(22)14(2)19/h3-6,14H,7-12H2,1-2H3. The molecule has 1 aromatic carbocycles. The molecule has 0 saturated carbocycles. The Morgan fingerprint density at radius 2 is 1.88 bits per heavy atom. The van der Waals surface area contributed by atoms with Crippen LogP contribution in [0.3, 0.4) is 0 Å². The van der Waals surface area contributed by atoms with Crippen molar-refractivity contribution in [3.05, 3.63) is 35.4 Å². The number of thioether (sulfide) groups is 1. The lowest BCUT2D eigenvalue weighted by atomic mass is 9.99. The Hall–Kier alpha value is -1.20. The third-order valence-corrected chi connectivity index (χ3v) is 6.73. The molecule has 2 amide bonds. The van der Waals surface area contributed by atoms with Crippen molar-refractivity contribution < 1.29 is 9.59 Å². The summed E-state index contributed by atoms with van der Waals surface area (Å²) in [7, 11) is 0. The highest BCUT2D eigenvalue weighted by Crippen LogP contribution is 2.44. The lowest BCUT2D eigenvalue weighted by Gasteiger charge is -2.44. The SMILES string of the molecule is Cc1ccccc1C(=O)N1CCSC12CCN(C(=O)C(C)Cl)CC2. The first kappa shape index (κ1) is 17.6. The number of benzene rings is 1. The number of likely N-dealkylation sites (tertiary alicyclic amines) is 1. The molecule has 2 heterocycles. The molecule has 3 rings (SSSR count). The minimum atomic E-state index is -0.486. The summed E-state index contributed by atoms with van der Waals surface area (Å²) in [6.07, 6.45) is 1.62. The van der Waals surface area contributed by atoms with Gasteiger partial charge in [0.25, 0.3) is 5.91 Å². The number of amides is 2. The first-order valence-electron chi connectivity index (χ1n) is 8.39. The Bertz CT molecular complexity index is 642. The second-order valence-electron chi connectivity index (χ2n) is 6.51. The van der Waals surface area contributed by atoms with Crippen LogP contribution in [0.2, 0.25) is 0 Å². The summed E-state index contributed by atoms with van der Waals surface area (Å²) in [6, 6.07) is 7.76. The van der Waals surface area contributed by atoms with Crippen LogP contribution < -0.4 is 0 Å². The fourth-order valence-electron chi connectivity index (χ4n) is 3.60. The minimum Gasteiger partial charge on any atom is -0.341 e. The molecule has 1 atom stereocenters. The van der Waals surface area contributed by atoms with Gasteiger partial charge in [-0.3, -0.25) is 9.59 Å². The van der Waals surface area contributed by atoms with Gasteiger partial charge in [-0.15, -0.1) is 23.4 Å². The number of hydrogen-bond acceptors (Lipinski definition) is 3. The largest absolute Gasteiger partial charge is 0.341 e. The van der Waals surface area contributed by atoms with Gasteiger partial charge in [-0.2, -0.15) is 0 Å². The number of hydrogen-bond donors (Lipinski definition) is 0. The average Bonchev–Trinajstić information content (AvgIpc) is 2.98. The van der Waals surface area contributed by atoms with Gasteiger partial charge in [-0.25, -0.2) is 0 Å². The fourth-order valence-corrected chi connectivity index (χ4v) is 5.19. The van der Waals surface area contributed by atoms with E-state index in [1.165, 1.54) is 0 Å². The predicted octanol–water partition coefficient (Wildman–Crippen LogP) is 3.13. The molecule has 1 aromatic rings. The van der Waals surface area contributed by atoms with Crippen LogP contribution in [0.5, 0.6) is 0 Å². The van der Waals surface area contributed by atoms with E-state index in [1.807, 2.05) is 52.8 Å².